The van der Waals surface area contributed by atoms with Crippen molar-refractivity contribution in [3.63, 3.8) is 0 Å². The molecule has 160 valence electrons. The third kappa shape index (κ3) is 3.58. The SMILES string of the molecule is COc1cc2[nH]c3c(c2cc1OC)CC(C(=O)N1CC=C(c2ccccc2)CC1)CC3. The zero-order chi connectivity index (χ0) is 21.4. The molecule has 1 aliphatic heterocycles. The van der Waals surface area contributed by atoms with Crippen molar-refractivity contribution in [3.05, 3.63) is 65.4 Å². The fraction of sp³-hybridized carbons (Fsp3) is 0.346. The molecule has 5 nitrogen and oxygen atoms in total. The molecular weight excluding hydrogens is 388 g/mol. The Labute approximate surface area is 182 Å². The molecule has 1 unspecified atom stereocenters. The van der Waals surface area contributed by atoms with E-state index in [0.29, 0.717) is 6.54 Å². The van der Waals surface area contributed by atoms with Gasteiger partial charge in [-0.3, -0.25) is 4.79 Å². The van der Waals surface area contributed by atoms with Gasteiger partial charge in [-0.1, -0.05) is 36.4 Å². The zero-order valence-electron chi connectivity index (χ0n) is 18.1. The van der Waals surface area contributed by atoms with Gasteiger partial charge in [-0.05, 0) is 48.4 Å². The number of aryl methyl sites for hydroxylation is 1. The van der Waals surface area contributed by atoms with Crippen LogP contribution < -0.4 is 9.47 Å². The van der Waals surface area contributed by atoms with E-state index in [2.05, 4.69) is 35.3 Å². The molecule has 5 heteroatoms. The number of carbonyl (C=O) groups is 1. The average molecular weight is 417 g/mol. The monoisotopic (exact) mass is 416 g/mol. The normalized spacial score (nSPS) is 18.5. The van der Waals surface area contributed by atoms with E-state index in [1.807, 2.05) is 23.1 Å². The number of H-pyrrole nitrogens is 1. The van der Waals surface area contributed by atoms with E-state index >= 15 is 0 Å². The smallest absolute Gasteiger partial charge is 0.226 e. The van der Waals surface area contributed by atoms with Crippen molar-refractivity contribution in [2.45, 2.75) is 25.7 Å². The molecule has 3 aromatic rings. The molecule has 2 aromatic carbocycles. The first-order valence-corrected chi connectivity index (χ1v) is 11.0. The van der Waals surface area contributed by atoms with E-state index in [1.165, 1.54) is 22.4 Å². The van der Waals surface area contributed by atoms with Gasteiger partial charge in [0.05, 0.1) is 14.2 Å². The van der Waals surface area contributed by atoms with Gasteiger partial charge >= 0.3 is 0 Å². The lowest BCUT2D eigenvalue weighted by atomic mass is 9.85. The van der Waals surface area contributed by atoms with Crippen molar-refractivity contribution in [3.8, 4) is 11.5 Å². The molecule has 2 heterocycles. The summed E-state index contributed by atoms with van der Waals surface area (Å²) in [7, 11) is 3.31. The number of aromatic amines is 1. The summed E-state index contributed by atoms with van der Waals surface area (Å²) in [4.78, 5) is 18.9. The fourth-order valence-electron chi connectivity index (χ4n) is 5.00. The molecule has 1 amide bonds. The largest absolute Gasteiger partial charge is 0.493 e. The Morgan fingerprint density at radius 1 is 1.06 bits per heavy atom. The number of fused-ring (bicyclic) bond motifs is 3. The van der Waals surface area contributed by atoms with Crippen LogP contribution in [0, 0.1) is 5.92 Å². The Morgan fingerprint density at radius 2 is 1.84 bits per heavy atom. The van der Waals surface area contributed by atoms with Crippen molar-refractivity contribution < 1.29 is 14.3 Å². The Kier molecular flexibility index (Phi) is 5.18. The van der Waals surface area contributed by atoms with Crippen LogP contribution in [0.3, 0.4) is 0 Å². The summed E-state index contributed by atoms with van der Waals surface area (Å²) in [5.74, 6) is 1.76. The number of rotatable bonds is 4. The highest BCUT2D eigenvalue weighted by Crippen LogP contribution is 2.38. The van der Waals surface area contributed by atoms with Gasteiger partial charge < -0.3 is 19.4 Å². The van der Waals surface area contributed by atoms with Gasteiger partial charge in [-0.25, -0.2) is 0 Å². The second-order valence-electron chi connectivity index (χ2n) is 8.40. The van der Waals surface area contributed by atoms with Crippen molar-refractivity contribution >= 4 is 22.4 Å². The molecular formula is C26H28N2O3. The Bertz CT molecular complexity index is 1150. The maximum atomic E-state index is 13.3. The lowest BCUT2D eigenvalue weighted by Gasteiger charge is -2.31. The summed E-state index contributed by atoms with van der Waals surface area (Å²) >= 11 is 0. The number of nitrogens with one attached hydrogen (secondary N) is 1. The van der Waals surface area contributed by atoms with Crippen LogP contribution in [0.15, 0.2) is 48.5 Å². The van der Waals surface area contributed by atoms with Crippen molar-refractivity contribution in [2.75, 3.05) is 27.3 Å². The predicted molar refractivity (Wildman–Crippen MR) is 123 cm³/mol. The molecule has 0 bridgehead atoms. The minimum atomic E-state index is 0.0336. The molecule has 0 radical (unpaired) electrons. The van der Waals surface area contributed by atoms with Crippen molar-refractivity contribution in [2.24, 2.45) is 5.92 Å². The fourth-order valence-corrected chi connectivity index (χ4v) is 5.00. The van der Waals surface area contributed by atoms with E-state index in [0.717, 1.165) is 54.6 Å². The predicted octanol–water partition coefficient (Wildman–Crippen LogP) is 4.61. The number of amides is 1. The highest BCUT2D eigenvalue weighted by molar-refractivity contribution is 5.90. The quantitative estimate of drug-likeness (QED) is 0.676. The van der Waals surface area contributed by atoms with Gasteiger partial charge in [0.1, 0.15) is 0 Å². The number of benzene rings is 2. The number of ether oxygens (including phenoxy) is 2. The third-order valence-electron chi connectivity index (χ3n) is 6.71. The lowest BCUT2D eigenvalue weighted by Crippen LogP contribution is -2.40. The second kappa shape index (κ2) is 8.14. The van der Waals surface area contributed by atoms with Crippen LogP contribution in [-0.2, 0) is 17.6 Å². The standard InChI is InChI=1S/C26H28N2O3/c1-30-24-15-21-20-14-19(8-9-22(20)27-23(21)16-25(24)31-2)26(29)28-12-10-18(11-13-28)17-6-4-3-5-7-17/h3-7,10,15-16,19,27H,8-9,11-14H2,1-2H3. The minimum absolute atomic E-state index is 0.0336. The molecule has 0 saturated carbocycles. The maximum Gasteiger partial charge on any atom is 0.226 e. The van der Waals surface area contributed by atoms with Crippen molar-refractivity contribution in [1.29, 1.82) is 0 Å². The zero-order valence-corrected chi connectivity index (χ0v) is 18.1. The Hall–Kier alpha value is -3.21. The summed E-state index contributed by atoms with van der Waals surface area (Å²) in [5.41, 5.74) is 6.13. The summed E-state index contributed by atoms with van der Waals surface area (Å²) in [6, 6.07) is 14.5. The molecule has 0 spiro atoms. The van der Waals surface area contributed by atoms with E-state index < -0.39 is 0 Å². The van der Waals surface area contributed by atoms with Crippen LogP contribution in [0.4, 0.5) is 0 Å². The molecule has 31 heavy (non-hydrogen) atoms. The number of aromatic nitrogens is 1. The average Bonchev–Trinajstić information content (AvgIpc) is 3.20. The van der Waals surface area contributed by atoms with E-state index in [-0.39, 0.29) is 11.8 Å². The Morgan fingerprint density at radius 3 is 2.55 bits per heavy atom. The third-order valence-corrected chi connectivity index (χ3v) is 6.71. The summed E-state index contributed by atoms with van der Waals surface area (Å²) < 4.78 is 10.9. The molecule has 1 atom stereocenters. The summed E-state index contributed by atoms with van der Waals surface area (Å²) in [6.45, 7) is 1.49. The maximum absolute atomic E-state index is 13.3. The number of hydrogen-bond acceptors (Lipinski definition) is 3. The molecule has 0 saturated heterocycles. The first-order valence-electron chi connectivity index (χ1n) is 11.0. The van der Waals surface area contributed by atoms with Gasteiger partial charge in [-0.2, -0.15) is 0 Å². The van der Waals surface area contributed by atoms with Crippen LogP contribution in [-0.4, -0.2) is 43.1 Å². The van der Waals surface area contributed by atoms with Gasteiger partial charge in [0, 0.05) is 41.7 Å². The first kappa shape index (κ1) is 19.7. The summed E-state index contributed by atoms with van der Waals surface area (Å²) in [5, 5.41) is 1.13. The summed E-state index contributed by atoms with van der Waals surface area (Å²) in [6.07, 6.45) is 5.68. The first-order chi connectivity index (χ1) is 15.2. The second-order valence-corrected chi connectivity index (χ2v) is 8.40. The Balaban J connectivity index is 1.35. The number of methoxy groups -OCH3 is 2. The minimum Gasteiger partial charge on any atom is -0.493 e. The van der Waals surface area contributed by atoms with Crippen molar-refractivity contribution in [1.82, 2.24) is 9.88 Å². The molecule has 1 aromatic heterocycles. The molecule has 1 N–H and O–H groups in total. The number of nitrogens with zero attached hydrogens (tertiary/aromatic N) is 1. The van der Waals surface area contributed by atoms with Gasteiger partial charge in [-0.15, -0.1) is 0 Å². The molecule has 1 aliphatic carbocycles. The highest BCUT2D eigenvalue weighted by atomic mass is 16.5. The van der Waals surface area contributed by atoms with Crippen LogP contribution in [0.1, 0.15) is 29.7 Å². The van der Waals surface area contributed by atoms with Gasteiger partial charge in [0.15, 0.2) is 11.5 Å². The highest BCUT2D eigenvalue weighted by Gasteiger charge is 2.31. The van der Waals surface area contributed by atoms with E-state index in [4.69, 9.17) is 9.47 Å². The van der Waals surface area contributed by atoms with Crippen LogP contribution >= 0.6 is 0 Å². The van der Waals surface area contributed by atoms with Gasteiger partial charge in [0.25, 0.3) is 0 Å². The van der Waals surface area contributed by atoms with Crippen LogP contribution in [0.2, 0.25) is 0 Å². The van der Waals surface area contributed by atoms with E-state index in [9.17, 15) is 4.79 Å². The lowest BCUT2D eigenvalue weighted by molar-refractivity contribution is -0.135. The topological polar surface area (TPSA) is 54.6 Å². The molecule has 0 fully saturated rings. The van der Waals surface area contributed by atoms with Crippen LogP contribution in [0.25, 0.3) is 16.5 Å². The number of carbonyl (C=O) groups excluding carboxylic acids is 1. The number of hydrogen-bond donors (Lipinski definition) is 1. The molecule has 5 rings (SSSR count). The van der Waals surface area contributed by atoms with Gasteiger partial charge in [0.2, 0.25) is 5.91 Å². The molecule has 2 aliphatic rings. The van der Waals surface area contributed by atoms with Crippen LogP contribution in [0.5, 0.6) is 11.5 Å². The van der Waals surface area contributed by atoms with E-state index in [1.54, 1.807) is 14.2 Å².